The molecule has 2 atom stereocenters. The van der Waals surface area contributed by atoms with E-state index in [2.05, 4.69) is 6.07 Å². The van der Waals surface area contributed by atoms with Crippen LogP contribution in [-0.2, 0) is 21.9 Å². The highest BCUT2D eigenvalue weighted by atomic mass is 32.2. The number of methoxy groups -OCH3 is 1. The van der Waals surface area contributed by atoms with Gasteiger partial charge >= 0.3 is 0 Å². The van der Waals surface area contributed by atoms with Crippen molar-refractivity contribution in [2.75, 3.05) is 18.6 Å². The molecular formula is C15H17NO4S. The fourth-order valence-corrected chi connectivity index (χ4v) is 5.59. The van der Waals surface area contributed by atoms with Crippen LogP contribution in [0.3, 0.4) is 0 Å². The molecule has 1 N–H and O–H groups in total. The number of nitriles is 1. The molecule has 0 aromatic heterocycles. The first-order chi connectivity index (χ1) is 9.86. The largest absolute Gasteiger partial charge is 0.497 e. The fourth-order valence-electron chi connectivity index (χ4n) is 3.59. The number of aryl methyl sites for hydroxylation is 1. The molecule has 6 heteroatoms. The van der Waals surface area contributed by atoms with Crippen molar-refractivity contribution in [2.45, 2.75) is 24.9 Å². The molecule has 3 rings (SSSR count). The maximum Gasteiger partial charge on any atom is 0.152 e. The quantitative estimate of drug-likeness (QED) is 0.886. The predicted octanol–water partition coefficient (Wildman–Crippen LogP) is 1.16. The third kappa shape index (κ3) is 1.95. The van der Waals surface area contributed by atoms with E-state index in [0.29, 0.717) is 24.2 Å². The average molecular weight is 307 g/mol. The summed E-state index contributed by atoms with van der Waals surface area (Å²) in [6.45, 7) is 0. The van der Waals surface area contributed by atoms with Gasteiger partial charge in [0, 0.05) is 0 Å². The van der Waals surface area contributed by atoms with Crippen molar-refractivity contribution < 1.29 is 18.3 Å². The lowest BCUT2D eigenvalue weighted by atomic mass is 9.69. The number of nitrogens with zero attached hydrogens (tertiary/aromatic N) is 1. The molecule has 1 fully saturated rings. The molecule has 1 aromatic carbocycles. The Kier molecular flexibility index (Phi) is 3.05. The molecule has 0 spiro atoms. The third-order valence-electron chi connectivity index (χ3n) is 4.83. The third-order valence-corrected chi connectivity index (χ3v) is 6.59. The van der Waals surface area contributed by atoms with Crippen LogP contribution in [0.25, 0.3) is 0 Å². The van der Waals surface area contributed by atoms with Crippen molar-refractivity contribution in [3.8, 4) is 11.8 Å². The van der Waals surface area contributed by atoms with Gasteiger partial charge in [0.25, 0.3) is 0 Å². The zero-order valence-corrected chi connectivity index (χ0v) is 12.6. The number of fused-ring (bicyclic) bond motifs is 1. The van der Waals surface area contributed by atoms with Gasteiger partial charge < -0.3 is 9.84 Å². The van der Waals surface area contributed by atoms with Gasteiger partial charge in [-0.2, -0.15) is 5.26 Å². The van der Waals surface area contributed by atoms with Crippen molar-refractivity contribution >= 4 is 9.84 Å². The Morgan fingerprint density at radius 1 is 1.38 bits per heavy atom. The number of benzene rings is 1. The standard InChI is InChI=1S/C15H17NO4S/c1-20-12-3-2-11-4-5-15(17,13(11)8-12)14(9-16)6-7-21(18,19)10-14/h2-3,8,17H,4-7,10H2,1H3. The minimum atomic E-state index is -3.27. The van der Waals surface area contributed by atoms with Crippen LogP contribution in [0.15, 0.2) is 18.2 Å². The molecule has 112 valence electrons. The summed E-state index contributed by atoms with van der Waals surface area (Å²) in [5.41, 5.74) is -1.09. The maximum atomic E-state index is 11.9. The van der Waals surface area contributed by atoms with Gasteiger partial charge in [0.05, 0.1) is 24.7 Å². The molecule has 21 heavy (non-hydrogen) atoms. The van der Waals surface area contributed by atoms with Gasteiger partial charge in [0.2, 0.25) is 0 Å². The zero-order valence-electron chi connectivity index (χ0n) is 11.8. The van der Waals surface area contributed by atoms with E-state index in [1.54, 1.807) is 6.07 Å². The van der Waals surface area contributed by atoms with E-state index in [1.807, 2.05) is 12.1 Å². The number of hydrogen-bond donors (Lipinski definition) is 1. The lowest BCUT2D eigenvalue weighted by Gasteiger charge is -2.37. The minimum absolute atomic E-state index is 0.0395. The predicted molar refractivity (Wildman–Crippen MR) is 76.5 cm³/mol. The van der Waals surface area contributed by atoms with Gasteiger partial charge in [-0.15, -0.1) is 0 Å². The molecule has 1 aliphatic heterocycles. The zero-order chi connectivity index (χ0) is 15.3. The molecule has 2 aliphatic rings. The van der Waals surface area contributed by atoms with Crippen LogP contribution in [0.5, 0.6) is 5.75 Å². The number of sulfone groups is 1. The minimum Gasteiger partial charge on any atom is -0.497 e. The van der Waals surface area contributed by atoms with Crippen LogP contribution < -0.4 is 4.74 Å². The van der Waals surface area contributed by atoms with E-state index in [4.69, 9.17) is 4.74 Å². The Bertz CT molecular complexity index is 737. The molecule has 1 aliphatic carbocycles. The fraction of sp³-hybridized carbons (Fsp3) is 0.533. The van der Waals surface area contributed by atoms with E-state index in [1.165, 1.54) is 7.11 Å². The number of ether oxygens (including phenoxy) is 1. The molecule has 0 bridgehead atoms. The maximum absolute atomic E-state index is 11.9. The Hall–Kier alpha value is -1.58. The highest BCUT2D eigenvalue weighted by Crippen LogP contribution is 2.54. The molecule has 1 saturated heterocycles. The van der Waals surface area contributed by atoms with Gasteiger partial charge in [0.1, 0.15) is 16.8 Å². The summed E-state index contributed by atoms with van der Waals surface area (Å²) in [7, 11) is -1.74. The lowest BCUT2D eigenvalue weighted by Crippen LogP contribution is -2.44. The van der Waals surface area contributed by atoms with Crippen LogP contribution in [0.1, 0.15) is 24.0 Å². The monoisotopic (exact) mass is 307 g/mol. The Morgan fingerprint density at radius 2 is 2.14 bits per heavy atom. The summed E-state index contributed by atoms with van der Waals surface area (Å²) in [6, 6.07) is 7.54. The summed E-state index contributed by atoms with van der Waals surface area (Å²) < 4.78 is 28.9. The first kappa shape index (κ1) is 14.4. The molecule has 0 radical (unpaired) electrons. The average Bonchev–Trinajstić information content (AvgIpc) is 2.98. The van der Waals surface area contributed by atoms with E-state index >= 15 is 0 Å². The number of rotatable bonds is 2. The molecular weight excluding hydrogens is 290 g/mol. The number of hydrogen-bond acceptors (Lipinski definition) is 5. The lowest BCUT2D eigenvalue weighted by molar-refractivity contribution is -0.0481. The van der Waals surface area contributed by atoms with Gasteiger partial charge in [-0.25, -0.2) is 8.42 Å². The van der Waals surface area contributed by atoms with E-state index in [9.17, 15) is 18.8 Å². The van der Waals surface area contributed by atoms with Crippen molar-refractivity contribution in [1.82, 2.24) is 0 Å². The van der Waals surface area contributed by atoms with E-state index in [-0.39, 0.29) is 17.9 Å². The van der Waals surface area contributed by atoms with Crippen LogP contribution in [0.4, 0.5) is 0 Å². The van der Waals surface area contributed by atoms with Gasteiger partial charge in [-0.05, 0) is 42.5 Å². The molecule has 2 unspecified atom stereocenters. The molecule has 0 amide bonds. The Balaban J connectivity index is 2.14. The normalized spacial score (nSPS) is 33.4. The summed E-state index contributed by atoms with van der Waals surface area (Å²) in [6.07, 6.45) is 1.19. The van der Waals surface area contributed by atoms with E-state index < -0.39 is 20.9 Å². The van der Waals surface area contributed by atoms with Crippen LogP contribution in [0, 0.1) is 16.7 Å². The second kappa shape index (κ2) is 4.46. The summed E-state index contributed by atoms with van der Waals surface area (Å²) >= 11 is 0. The molecule has 1 aromatic rings. The molecule has 0 saturated carbocycles. The van der Waals surface area contributed by atoms with Crippen LogP contribution in [-0.4, -0.2) is 32.1 Å². The summed E-state index contributed by atoms with van der Waals surface area (Å²) in [4.78, 5) is 0. The van der Waals surface area contributed by atoms with Crippen LogP contribution in [0.2, 0.25) is 0 Å². The SMILES string of the molecule is COc1ccc2c(c1)C(O)(C1(C#N)CCS(=O)(=O)C1)CC2. The Labute approximate surface area is 124 Å². The molecule has 5 nitrogen and oxygen atoms in total. The van der Waals surface area contributed by atoms with Crippen molar-refractivity contribution in [1.29, 1.82) is 5.26 Å². The van der Waals surface area contributed by atoms with Gasteiger partial charge in [-0.3, -0.25) is 0 Å². The number of aliphatic hydroxyl groups is 1. The second-order valence-electron chi connectivity index (χ2n) is 5.92. The topological polar surface area (TPSA) is 87.4 Å². The highest BCUT2D eigenvalue weighted by Gasteiger charge is 2.59. The molecule has 1 heterocycles. The van der Waals surface area contributed by atoms with Gasteiger partial charge in [0.15, 0.2) is 9.84 Å². The first-order valence-electron chi connectivity index (χ1n) is 6.87. The smallest absolute Gasteiger partial charge is 0.152 e. The van der Waals surface area contributed by atoms with E-state index in [0.717, 1.165) is 5.56 Å². The summed E-state index contributed by atoms with van der Waals surface area (Å²) in [5, 5.41) is 20.8. The first-order valence-corrected chi connectivity index (χ1v) is 8.69. The summed E-state index contributed by atoms with van der Waals surface area (Å²) in [5.74, 6) is 0.286. The van der Waals surface area contributed by atoms with Crippen LogP contribution >= 0.6 is 0 Å². The second-order valence-corrected chi connectivity index (χ2v) is 8.10. The van der Waals surface area contributed by atoms with Crippen molar-refractivity contribution in [3.63, 3.8) is 0 Å². The van der Waals surface area contributed by atoms with Crippen molar-refractivity contribution in [3.05, 3.63) is 29.3 Å². The van der Waals surface area contributed by atoms with Gasteiger partial charge in [-0.1, -0.05) is 6.07 Å². The van der Waals surface area contributed by atoms with Crippen molar-refractivity contribution in [2.24, 2.45) is 5.41 Å². The highest BCUT2D eigenvalue weighted by molar-refractivity contribution is 7.91. The Morgan fingerprint density at radius 3 is 2.71 bits per heavy atom.